The number of nitrogens with zero attached hydrogens (tertiary/aromatic N) is 2. The largest absolute Gasteiger partial charge is 0.378 e. The third-order valence-corrected chi connectivity index (χ3v) is 3.97. The summed E-state index contributed by atoms with van der Waals surface area (Å²) in [5.41, 5.74) is 9.75. The van der Waals surface area contributed by atoms with Gasteiger partial charge in [-0.25, -0.2) is 4.98 Å². The summed E-state index contributed by atoms with van der Waals surface area (Å²) in [7, 11) is 0. The Morgan fingerprint density at radius 1 is 1.19 bits per heavy atom. The maximum absolute atomic E-state index is 6.37. The molecule has 1 aliphatic heterocycles. The summed E-state index contributed by atoms with van der Waals surface area (Å²) in [6, 6.07) is 12.1. The number of hydrogen-bond donors (Lipinski definition) is 1. The first-order valence-electron chi connectivity index (χ1n) is 7.35. The summed E-state index contributed by atoms with van der Waals surface area (Å²) in [4.78, 5) is 6.86. The Hall–Kier alpha value is -1.91. The minimum Gasteiger partial charge on any atom is -0.378 e. The number of pyridine rings is 1. The molecule has 3 rings (SSSR count). The van der Waals surface area contributed by atoms with Gasteiger partial charge in [-0.05, 0) is 29.7 Å². The lowest BCUT2D eigenvalue weighted by atomic mass is 9.97. The highest BCUT2D eigenvalue weighted by atomic mass is 16.5. The maximum Gasteiger partial charge on any atom is 0.128 e. The van der Waals surface area contributed by atoms with Gasteiger partial charge in [-0.2, -0.15) is 0 Å². The minimum atomic E-state index is -0.127. The van der Waals surface area contributed by atoms with Gasteiger partial charge in [0.05, 0.1) is 19.3 Å². The zero-order valence-electron chi connectivity index (χ0n) is 12.3. The summed E-state index contributed by atoms with van der Waals surface area (Å²) in [5, 5.41) is 0. The molecule has 1 aromatic heterocycles. The van der Waals surface area contributed by atoms with Gasteiger partial charge >= 0.3 is 0 Å². The first-order valence-corrected chi connectivity index (χ1v) is 7.35. The van der Waals surface area contributed by atoms with E-state index in [1.54, 1.807) is 0 Å². The lowest BCUT2D eigenvalue weighted by Gasteiger charge is -2.28. The normalized spacial score (nSPS) is 16.8. The summed E-state index contributed by atoms with van der Waals surface area (Å²) >= 11 is 0. The molecule has 0 saturated carbocycles. The molecule has 0 radical (unpaired) electrons. The average Bonchev–Trinajstić information content (AvgIpc) is 2.56. The first-order chi connectivity index (χ1) is 10.3. The molecule has 0 amide bonds. The standard InChI is InChI=1S/C17H21N3O/c1-13-11-16(20-7-9-21-10-8-20)19-12-15(13)17(18)14-5-3-2-4-6-14/h2-6,11-12,17H,7-10,18H2,1H3/t17-/m1/s1. The van der Waals surface area contributed by atoms with Gasteiger partial charge in [0.25, 0.3) is 0 Å². The third kappa shape index (κ3) is 3.06. The number of anilines is 1. The molecule has 1 saturated heterocycles. The Morgan fingerprint density at radius 2 is 1.90 bits per heavy atom. The van der Waals surface area contributed by atoms with Gasteiger partial charge in [-0.1, -0.05) is 30.3 Å². The van der Waals surface area contributed by atoms with Crippen LogP contribution in [0.4, 0.5) is 5.82 Å². The van der Waals surface area contributed by atoms with E-state index in [1.165, 1.54) is 5.56 Å². The molecule has 2 heterocycles. The lowest BCUT2D eigenvalue weighted by molar-refractivity contribution is 0.122. The fourth-order valence-corrected chi connectivity index (χ4v) is 2.68. The number of morpholine rings is 1. The number of rotatable bonds is 3. The first kappa shape index (κ1) is 14.0. The van der Waals surface area contributed by atoms with Gasteiger partial charge in [-0.3, -0.25) is 0 Å². The van der Waals surface area contributed by atoms with Crippen LogP contribution in [0.3, 0.4) is 0 Å². The van der Waals surface area contributed by atoms with Crippen LogP contribution in [0.15, 0.2) is 42.6 Å². The molecule has 21 heavy (non-hydrogen) atoms. The molecule has 0 spiro atoms. The number of benzene rings is 1. The van der Waals surface area contributed by atoms with E-state index in [9.17, 15) is 0 Å². The molecule has 0 unspecified atom stereocenters. The van der Waals surface area contributed by atoms with Crippen LogP contribution < -0.4 is 10.6 Å². The molecule has 0 bridgehead atoms. The molecule has 2 aromatic rings. The monoisotopic (exact) mass is 283 g/mol. The van der Waals surface area contributed by atoms with E-state index in [1.807, 2.05) is 24.4 Å². The van der Waals surface area contributed by atoms with E-state index in [0.717, 1.165) is 43.2 Å². The van der Waals surface area contributed by atoms with E-state index >= 15 is 0 Å². The molecular formula is C17H21N3O. The second-order valence-electron chi connectivity index (χ2n) is 5.39. The highest BCUT2D eigenvalue weighted by Crippen LogP contribution is 2.24. The van der Waals surface area contributed by atoms with E-state index in [2.05, 4.69) is 35.0 Å². The Balaban J connectivity index is 1.84. The van der Waals surface area contributed by atoms with Gasteiger partial charge in [-0.15, -0.1) is 0 Å². The van der Waals surface area contributed by atoms with Crippen molar-refractivity contribution < 1.29 is 4.74 Å². The van der Waals surface area contributed by atoms with Crippen molar-refractivity contribution in [1.29, 1.82) is 0 Å². The zero-order chi connectivity index (χ0) is 14.7. The molecule has 1 aliphatic rings. The second kappa shape index (κ2) is 6.24. The van der Waals surface area contributed by atoms with Gasteiger partial charge in [0.15, 0.2) is 0 Å². The fraction of sp³-hybridized carbons (Fsp3) is 0.353. The third-order valence-electron chi connectivity index (χ3n) is 3.97. The van der Waals surface area contributed by atoms with E-state index in [0.29, 0.717) is 0 Å². The summed E-state index contributed by atoms with van der Waals surface area (Å²) in [5.74, 6) is 1.01. The van der Waals surface area contributed by atoms with Gasteiger partial charge in [0.1, 0.15) is 5.82 Å². The van der Waals surface area contributed by atoms with Gasteiger partial charge < -0.3 is 15.4 Å². The number of aryl methyl sites for hydroxylation is 1. The van der Waals surface area contributed by atoms with Crippen molar-refractivity contribution in [2.75, 3.05) is 31.2 Å². The van der Waals surface area contributed by atoms with Crippen molar-refractivity contribution in [3.05, 3.63) is 59.3 Å². The summed E-state index contributed by atoms with van der Waals surface area (Å²) in [6.45, 7) is 5.44. The predicted molar refractivity (Wildman–Crippen MR) is 84.5 cm³/mol. The zero-order valence-corrected chi connectivity index (χ0v) is 12.3. The molecular weight excluding hydrogens is 262 g/mol. The van der Waals surface area contributed by atoms with Crippen LogP contribution in [-0.2, 0) is 4.74 Å². The topological polar surface area (TPSA) is 51.4 Å². The van der Waals surface area contributed by atoms with Crippen molar-refractivity contribution in [3.8, 4) is 0 Å². The summed E-state index contributed by atoms with van der Waals surface area (Å²) in [6.07, 6.45) is 1.91. The lowest BCUT2D eigenvalue weighted by Crippen LogP contribution is -2.36. The number of ether oxygens (including phenoxy) is 1. The number of nitrogens with two attached hydrogens (primary N) is 1. The molecule has 4 nitrogen and oxygen atoms in total. The van der Waals surface area contributed by atoms with Crippen molar-refractivity contribution in [2.45, 2.75) is 13.0 Å². The van der Waals surface area contributed by atoms with Crippen LogP contribution in [0.25, 0.3) is 0 Å². The van der Waals surface area contributed by atoms with Crippen LogP contribution in [0.2, 0.25) is 0 Å². The van der Waals surface area contributed by atoms with E-state index < -0.39 is 0 Å². The van der Waals surface area contributed by atoms with Gasteiger partial charge in [0, 0.05) is 19.3 Å². The van der Waals surface area contributed by atoms with Crippen molar-refractivity contribution in [3.63, 3.8) is 0 Å². The molecule has 110 valence electrons. The quantitative estimate of drug-likeness (QED) is 0.939. The predicted octanol–water partition coefficient (Wildman–Crippen LogP) is 2.27. The highest BCUT2D eigenvalue weighted by molar-refractivity contribution is 5.46. The van der Waals surface area contributed by atoms with Crippen LogP contribution in [0, 0.1) is 6.92 Å². The average molecular weight is 283 g/mol. The Morgan fingerprint density at radius 3 is 2.57 bits per heavy atom. The molecule has 2 N–H and O–H groups in total. The fourth-order valence-electron chi connectivity index (χ4n) is 2.68. The Labute approximate surface area is 125 Å². The highest BCUT2D eigenvalue weighted by Gasteiger charge is 2.16. The van der Waals surface area contributed by atoms with Gasteiger partial charge in [0.2, 0.25) is 0 Å². The number of hydrogen-bond acceptors (Lipinski definition) is 4. The van der Waals surface area contributed by atoms with Crippen LogP contribution in [0.1, 0.15) is 22.7 Å². The van der Waals surface area contributed by atoms with Crippen molar-refractivity contribution >= 4 is 5.82 Å². The SMILES string of the molecule is Cc1cc(N2CCOCC2)ncc1[C@H](N)c1ccccc1. The van der Waals surface area contributed by atoms with E-state index in [-0.39, 0.29) is 6.04 Å². The van der Waals surface area contributed by atoms with Crippen molar-refractivity contribution in [1.82, 2.24) is 4.98 Å². The number of aromatic nitrogens is 1. The molecule has 4 heteroatoms. The molecule has 0 aliphatic carbocycles. The molecule has 1 atom stereocenters. The molecule has 1 fully saturated rings. The smallest absolute Gasteiger partial charge is 0.128 e. The van der Waals surface area contributed by atoms with Crippen LogP contribution in [0.5, 0.6) is 0 Å². The molecule has 1 aromatic carbocycles. The Kier molecular flexibility index (Phi) is 4.18. The van der Waals surface area contributed by atoms with E-state index in [4.69, 9.17) is 10.5 Å². The van der Waals surface area contributed by atoms with Crippen molar-refractivity contribution in [2.24, 2.45) is 5.73 Å². The summed E-state index contributed by atoms with van der Waals surface area (Å²) < 4.78 is 5.38. The Bertz CT molecular complexity index is 594. The van der Waals surface area contributed by atoms with Crippen LogP contribution in [-0.4, -0.2) is 31.3 Å². The second-order valence-corrected chi connectivity index (χ2v) is 5.39. The maximum atomic E-state index is 6.37. The minimum absolute atomic E-state index is 0.127. The van der Waals surface area contributed by atoms with Crippen LogP contribution >= 0.6 is 0 Å².